The maximum absolute atomic E-state index is 13.1. The number of aromatic nitrogens is 1. The van der Waals surface area contributed by atoms with E-state index in [0.717, 1.165) is 12.8 Å². The monoisotopic (exact) mass is 369 g/mol. The number of amides is 2. The highest BCUT2D eigenvalue weighted by Crippen LogP contribution is 2.45. The first-order valence-corrected chi connectivity index (χ1v) is 9.22. The molecule has 4 heterocycles. The van der Waals surface area contributed by atoms with Crippen molar-refractivity contribution in [3.63, 3.8) is 0 Å². The molecule has 2 aromatic heterocycles. The first kappa shape index (κ1) is 17.7. The molecule has 2 aliphatic rings. The van der Waals surface area contributed by atoms with Crippen LogP contribution in [0.5, 0.6) is 0 Å². The number of likely N-dealkylation sites (tertiary alicyclic amines) is 1. The number of anilines is 1. The van der Waals surface area contributed by atoms with Crippen LogP contribution >= 0.6 is 0 Å². The van der Waals surface area contributed by atoms with Gasteiger partial charge in [0.1, 0.15) is 5.76 Å². The Labute approximate surface area is 157 Å². The predicted octanol–water partition coefficient (Wildman–Crippen LogP) is 2.49. The van der Waals surface area contributed by atoms with E-state index in [9.17, 15) is 9.59 Å². The number of carbonyl (C=O) groups excluding carboxylic acids is 2. The summed E-state index contributed by atoms with van der Waals surface area (Å²) < 4.78 is 11.0. The molecule has 27 heavy (non-hydrogen) atoms. The lowest BCUT2D eigenvalue weighted by Gasteiger charge is -2.37. The van der Waals surface area contributed by atoms with Gasteiger partial charge in [0.15, 0.2) is 5.76 Å². The summed E-state index contributed by atoms with van der Waals surface area (Å²) >= 11 is 0. The van der Waals surface area contributed by atoms with E-state index < -0.39 is 0 Å². The molecule has 0 radical (unpaired) electrons. The van der Waals surface area contributed by atoms with E-state index in [-0.39, 0.29) is 23.1 Å². The van der Waals surface area contributed by atoms with Gasteiger partial charge in [-0.25, -0.2) is 0 Å². The summed E-state index contributed by atoms with van der Waals surface area (Å²) in [5.74, 6) is 0.496. The third kappa shape index (κ3) is 3.47. The minimum absolute atomic E-state index is 0.0733. The number of hydrogen-bond acceptors (Lipinski definition) is 5. The maximum atomic E-state index is 13.1. The maximum Gasteiger partial charge on any atom is 0.289 e. The van der Waals surface area contributed by atoms with Crippen LogP contribution in [0, 0.1) is 18.3 Å². The largest absolute Gasteiger partial charge is 0.456 e. The summed E-state index contributed by atoms with van der Waals surface area (Å²) in [6.07, 6.45) is 4.81. The average molecular weight is 369 g/mol. The van der Waals surface area contributed by atoms with Gasteiger partial charge >= 0.3 is 0 Å². The lowest BCUT2D eigenvalue weighted by atomic mass is 9.71. The smallest absolute Gasteiger partial charge is 0.289 e. The molecule has 2 aromatic rings. The van der Waals surface area contributed by atoms with Gasteiger partial charge in [0.05, 0.1) is 17.8 Å². The van der Waals surface area contributed by atoms with Crippen molar-refractivity contribution in [2.45, 2.75) is 19.8 Å². The fraction of sp³-hybridized carbons (Fsp3) is 0.450. The molecule has 0 saturated carbocycles. The number of furan rings is 1. The highest BCUT2D eigenvalue weighted by atomic mass is 16.5. The van der Waals surface area contributed by atoms with E-state index in [1.807, 2.05) is 13.0 Å². The Morgan fingerprint density at radius 2 is 2.07 bits per heavy atom. The zero-order valence-corrected chi connectivity index (χ0v) is 15.3. The molecule has 2 fully saturated rings. The SMILES string of the molecule is Cc1ccc(C(=O)N2CC(C(=O)Nc3cccnc3)C3(CCOCC3)C2)o1. The van der Waals surface area contributed by atoms with Crippen LogP contribution in [0.4, 0.5) is 5.69 Å². The molecule has 142 valence electrons. The van der Waals surface area contributed by atoms with E-state index in [4.69, 9.17) is 9.15 Å². The Bertz CT molecular complexity index is 827. The van der Waals surface area contributed by atoms with Gasteiger partial charge in [-0.05, 0) is 44.0 Å². The van der Waals surface area contributed by atoms with E-state index in [1.165, 1.54) is 0 Å². The second-order valence-electron chi connectivity index (χ2n) is 7.35. The highest BCUT2D eigenvalue weighted by Gasteiger charge is 2.52. The van der Waals surface area contributed by atoms with E-state index in [2.05, 4.69) is 10.3 Å². The normalized spacial score (nSPS) is 21.4. The first-order valence-electron chi connectivity index (χ1n) is 9.22. The molecule has 1 unspecified atom stereocenters. The summed E-state index contributed by atoms with van der Waals surface area (Å²) in [6, 6.07) is 7.06. The van der Waals surface area contributed by atoms with Crippen molar-refractivity contribution < 1.29 is 18.7 Å². The Hall–Kier alpha value is -2.67. The van der Waals surface area contributed by atoms with Crippen LogP contribution < -0.4 is 5.32 Å². The number of nitrogens with zero attached hydrogens (tertiary/aromatic N) is 2. The molecule has 4 rings (SSSR count). The highest BCUT2D eigenvalue weighted by molar-refractivity contribution is 5.96. The van der Waals surface area contributed by atoms with E-state index in [1.54, 1.807) is 35.5 Å². The molecular formula is C20H23N3O4. The number of pyridine rings is 1. The topological polar surface area (TPSA) is 84.7 Å². The zero-order valence-electron chi connectivity index (χ0n) is 15.3. The Morgan fingerprint density at radius 3 is 2.74 bits per heavy atom. The van der Waals surface area contributed by atoms with Gasteiger partial charge in [-0.15, -0.1) is 0 Å². The van der Waals surface area contributed by atoms with Crippen LogP contribution in [0.3, 0.4) is 0 Å². The summed E-state index contributed by atoms with van der Waals surface area (Å²) in [5.41, 5.74) is 0.401. The molecule has 7 heteroatoms. The third-order valence-electron chi connectivity index (χ3n) is 5.62. The second kappa shape index (κ2) is 7.15. The summed E-state index contributed by atoms with van der Waals surface area (Å²) in [7, 11) is 0. The van der Waals surface area contributed by atoms with Gasteiger partial charge in [-0.2, -0.15) is 0 Å². The van der Waals surface area contributed by atoms with Crippen molar-refractivity contribution in [2.24, 2.45) is 11.3 Å². The second-order valence-corrected chi connectivity index (χ2v) is 7.35. The van der Waals surface area contributed by atoms with E-state index >= 15 is 0 Å². The van der Waals surface area contributed by atoms with Gasteiger partial charge in [0.25, 0.3) is 5.91 Å². The van der Waals surface area contributed by atoms with Crippen LogP contribution in [0.25, 0.3) is 0 Å². The fourth-order valence-electron chi connectivity index (χ4n) is 4.14. The van der Waals surface area contributed by atoms with E-state index in [0.29, 0.717) is 43.5 Å². The lowest BCUT2D eigenvalue weighted by molar-refractivity contribution is -0.124. The molecule has 2 amide bonds. The molecule has 1 atom stereocenters. The third-order valence-corrected chi connectivity index (χ3v) is 5.62. The van der Waals surface area contributed by atoms with Gasteiger partial charge in [0, 0.05) is 37.9 Å². The number of rotatable bonds is 3. The Morgan fingerprint density at radius 1 is 1.26 bits per heavy atom. The Kier molecular flexibility index (Phi) is 4.70. The zero-order chi connectivity index (χ0) is 18.9. The number of hydrogen-bond donors (Lipinski definition) is 1. The summed E-state index contributed by atoms with van der Waals surface area (Å²) in [5, 5.41) is 2.96. The van der Waals surface area contributed by atoms with Crippen molar-refractivity contribution in [3.05, 3.63) is 48.2 Å². The molecule has 1 spiro atoms. The summed E-state index contributed by atoms with van der Waals surface area (Å²) in [6.45, 7) is 3.95. The molecule has 0 aromatic carbocycles. The fourth-order valence-corrected chi connectivity index (χ4v) is 4.14. The lowest BCUT2D eigenvalue weighted by Crippen LogP contribution is -2.42. The summed E-state index contributed by atoms with van der Waals surface area (Å²) in [4.78, 5) is 31.7. The molecule has 1 N–H and O–H groups in total. The number of aryl methyl sites for hydroxylation is 1. The van der Waals surface area contributed by atoms with Crippen molar-refractivity contribution >= 4 is 17.5 Å². The van der Waals surface area contributed by atoms with Crippen molar-refractivity contribution in [1.82, 2.24) is 9.88 Å². The van der Waals surface area contributed by atoms with Crippen molar-refractivity contribution in [3.8, 4) is 0 Å². The van der Waals surface area contributed by atoms with Gasteiger partial charge in [0.2, 0.25) is 5.91 Å². The minimum atomic E-state index is -0.290. The van der Waals surface area contributed by atoms with Crippen LogP contribution in [0.1, 0.15) is 29.2 Å². The number of carbonyl (C=O) groups is 2. The number of ether oxygens (including phenoxy) is 1. The molecule has 7 nitrogen and oxygen atoms in total. The first-order chi connectivity index (χ1) is 13.1. The standard InChI is InChI=1S/C20H23N3O4/c1-14-4-5-17(27-14)19(25)23-12-16(20(13-23)6-9-26-10-7-20)18(24)22-15-3-2-8-21-11-15/h2-5,8,11,16H,6-7,9-10,12-13H2,1H3,(H,22,24). The molecule has 0 aliphatic carbocycles. The predicted molar refractivity (Wildman–Crippen MR) is 98.2 cm³/mol. The molecule has 2 aliphatic heterocycles. The van der Waals surface area contributed by atoms with Crippen molar-refractivity contribution in [1.29, 1.82) is 0 Å². The number of nitrogens with one attached hydrogen (secondary N) is 1. The molecule has 0 bridgehead atoms. The average Bonchev–Trinajstić information content (AvgIpc) is 3.27. The van der Waals surface area contributed by atoms with Gasteiger partial charge < -0.3 is 19.4 Å². The molecular weight excluding hydrogens is 346 g/mol. The van der Waals surface area contributed by atoms with Crippen LogP contribution in [0.15, 0.2) is 41.1 Å². The van der Waals surface area contributed by atoms with Crippen LogP contribution in [-0.2, 0) is 9.53 Å². The Balaban J connectivity index is 1.56. The van der Waals surface area contributed by atoms with Crippen molar-refractivity contribution in [2.75, 3.05) is 31.6 Å². The minimum Gasteiger partial charge on any atom is -0.456 e. The quantitative estimate of drug-likeness (QED) is 0.899. The van der Waals surface area contributed by atoms with Crippen LogP contribution in [-0.4, -0.2) is 48.0 Å². The van der Waals surface area contributed by atoms with Gasteiger partial charge in [-0.3, -0.25) is 14.6 Å². The molecule has 2 saturated heterocycles. The van der Waals surface area contributed by atoms with Crippen LogP contribution in [0.2, 0.25) is 0 Å². The van der Waals surface area contributed by atoms with Gasteiger partial charge in [-0.1, -0.05) is 0 Å².